The van der Waals surface area contributed by atoms with Crippen LogP contribution < -0.4 is 15.1 Å². The average molecular weight is 339 g/mol. The molecule has 132 valence electrons. The monoisotopic (exact) mass is 339 g/mol. The quantitative estimate of drug-likeness (QED) is 0.878. The van der Waals surface area contributed by atoms with Crippen molar-refractivity contribution >= 4 is 28.9 Å². The molecule has 0 aromatic heterocycles. The van der Waals surface area contributed by atoms with Crippen molar-refractivity contribution in [2.75, 3.05) is 35.8 Å². The first kappa shape index (κ1) is 18.5. The summed E-state index contributed by atoms with van der Waals surface area (Å²) >= 11 is 0. The van der Waals surface area contributed by atoms with Gasteiger partial charge in [0.2, 0.25) is 11.8 Å². The maximum atomic E-state index is 12.4. The lowest BCUT2D eigenvalue weighted by Crippen LogP contribution is -2.36. The molecule has 0 atom stereocenters. The van der Waals surface area contributed by atoms with Gasteiger partial charge in [0.15, 0.2) is 0 Å². The number of rotatable bonds is 6. The van der Waals surface area contributed by atoms with Crippen LogP contribution in [0.1, 0.15) is 19.4 Å². The van der Waals surface area contributed by atoms with Crippen LogP contribution in [0.25, 0.3) is 0 Å². The Morgan fingerprint density at radius 2 is 1.56 bits per heavy atom. The topological polar surface area (TPSA) is 52.7 Å². The number of carbonyl (C=O) groups is 2. The highest BCUT2D eigenvalue weighted by Crippen LogP contribution is 2.20. The zero-order valence-corrected chi connectivity index (χ0v) is 15.2. The number of aryl methyl sites for hydroxylation is 1. The Labute approximate surface area is 149 Å². The van der Waals surface area contributed by atoms with Crippen LogP contribution in [-0.2, 0) is 16.0 Å². The highest BCUT2D eigenvalue weighted by Gasteiger charge is 2.16. The lowest BCUT2D eigenvalue weighted by Gasteiger charge is -2.22. The standard InChI is InChI=1S/C20H25N3O2/c1-5-16-8-6-7-9-19(16)21-20(25)14-23(15(2)24)18-12-10-17(11-13-18)22(3)4/h6-13H,5,14H2,1-4H3,(H,21,25). The van der Waals surface area contributed by atoms with Crippen LogP contribution >= 0.6 is 0 Å². The van der Waals surface area contributed by atoms with E-state index in [-0.39, 0.29) is 18.4 Å². The molecule has 2 aromatic rings. The van der Waals surface area contributed by atoms with E-state index >= 15 is 0 Å². The van der Waals surface area contributed by atoms with E-state index in [1.54, 1.807) is 0 Å². The van der Waals surface area contributed by atoms with Crippen LogP contribution in [0.2, 0.25) is 0 Å². The molecule has 0 saturated heterocycles. The number of anilines is 3. The predicted octanol–water partition coefficient (Wildman–Crippen LogP) is 3.31. The van der Waals surface area contributed by atoms with Crippen molar-refractivity contribution in [3.63, 3.8) is 0 Å². The van der Waals surface area contributed by atoms with E-state index in [0.717, 1.165) is 23.4 Å². The fourth-order valence-corrected chi connectivity index (χ4v) is 2.60. The highest BCUT2D eigenvalue weighted by molar-refractivity contribution is 6.02. The fourth-order valence-electron chi connectivity index (χ4n) is 2.60. The number of amides is 2. The summed E-state index contributed by atoms with van der Waals surface area (Å²) in [7, 11) is 3.91. The molecule has 0 aliphatic rings. The minimum Gasteiger partial charge on any atom is -0.378 e. The molecule has 0 aliphatic heterocycles. The van der Waals surface area contributed by atoms with E-state index in [1.165, 1.54) is 11.8 Å². The number of nitrogens with zero attached hydrogens (tertiary/aromatic N) is 2. The maximum Gasteiger partial charge on any atom is 0.244 e. The van der Waals surface area contributed by atoms with Crippen molar-refractivity contribution in [1.82, 2.24) is 0 Å². The number of benzene rings is 2. The maximum absolute atomic E-state index is 12.4. The zero-order chi connectivity index (χ0) is 18.4. The summed E-state index contributed by atoms with van der Waals surface area (Å²) in [5.74, 6) is -0.385. The van der Waals surface area contributed by atoms with Crippen LogP contribution in [0.4, 0.5) is 17.1 Å². The second-order valence-electron chi connectivity index (χ2n) is 6.07. The molecule has 0 aliphatic carbocycles. The molecule has 0 saturated carbocycles. The molecule has 0 heterocycles. The molecule has 2 amide bonds. The minimum atomic E-state index is -0.215. The first-order chi connectivity index (χ1) is 11.9. The van der Waals surface area contributed by atoms with E-state index in [2.05, 4.69) is 5.32 Å². The fraction of sp³-hybridized carbons (Fsp3) is 0.300. The first-order valence-corrected chi connectivity index (χ1v) is 8.35. The van der Waals surface area contributed by atoms with Gasteiger partial charge >= 0.3 is 0 Å². The van der Waals surface area contributed by atoms with E-state index in [0.29, 0.717) is 5.69 Å². The Hall–Kier alpha value is -2.82. The van der Waals surface area contributed by atoms with Crippen molar-refractivity contribution in [2.45, 2.75) is 20.3 Å². The molecule has 0 bridgehead atoms. The first-order valence-electron chi connectivity index (χ1n) is 8.35. The summed E-state index contributed by atoms with van der Waals surface area (Å²) in [5, 5.41) is 2.91. The molecule has 0 spiro atoms. The third-order valence-corrected chi connectivity index (χ3v) is 4.03. The van der Waals surface area contributed by atoms with Gasteiger partial charge in [-0.15, -0.1) is 0 Å². The lowest BCUT2D eigenvalue weighted by atomic mass is 10.1. The SMILES string of the molecule is CCc1ccccc1NC(=O)CN(C(C)=O)c1ccc(N(C)C)cc1. The summed E-state index contributed by atoms with van der Waals surface area (Å²) < 4.78 is 0. The molecule has 0 radical (unpaired) electrons. The van der Waals surface area contributed by atoms with Gasteiger partial charge in [-0.2, -0.15) is 0 Å². The smallest absolute Gasteiger partial charge is 0.244 e. The van der Waals surface area contributed by atoms with Gasteiger partial charge in [-0.1, -0.05) is 25.1 Å². The Bertz CT molecular complexity index is 739. The lowest BCUT2D eigenvalue weighted by molar-refractivity contribution is -0.120. The van der Waals surface area contributed by atoms with Gasteiger partial charge in [0.05, 0.1) is 0 Å². The predicted molar refractivity (Wildman–Crippen MR) is 103 cm³/mol. The van der Waals surface area contributed by atoms with Crippen LogP contribution in [-0.4, -0.2) is 32.5 Å². The van der Waals surface area contributed by atoms with Gasteiger partial charge in [0.25, 0.3) is 0 Å². The van der Waals surface area contributed by atoms with Crippen LogP contribution in [0.5, 0.6) is 0 Å². The van der Waals surface area contributed by atoms with Crippen molar-refractivity contribution in [3.8, 4) is 0 Å². The molecule has 5 heteroatoms. The molecule has 0 fully saturated rings. The van der Waals surface area contributed by atoms with E-state index < -0.39 is 0 Å². The van der Waals surface area contributed by atoms with Crippen molar-refractivity contribution < 1.29 is 9.59 Å². The van der Waals surface area contributed by atoms with Crippen molar-refractivity contribution in [3.05, 3.63) is 54.1 Å². The molecule has 0 unspecified atom stereocenters. The van der Waals surface area contributed by atoms with Crippen molar-refractivity contribution in [2.24, 2.45) is 0 Å². The summed E-state index contributed by atoms with van der Waals surface area (Å²) in [5.41, 5.74) is 3.60. The normalized spacial score (nSPS) is 10.2. The van der Waals surface area contributed by atoms with Gasteiger partial charge in [0.1, 0.15) is 6.54 Å². The third kappa shape index (κ3) is 4.83. The summed E-state index contributed by atoms with van der Waals surface area (Å²) in [6.45, 7) is 3.49. The molecule has 5 nitrogen and oxygen atoms in total. The zero-order valence-electron chi connectivity index (χ0n) is 15.2. The second kappa shape index (κ2) is 8.33. The molecule has 2 rings (SSSR count). The summed E-state index contributed by atoms with van der Waals surface area (Å²) in [4.78, 5) is 27.9. The number of carbonyl (C=O) groups excluding carboxylic acids is 2. The van der Waals surface area contributed by atoms with Crippen LogP contribution in [0.3, 0.4) is 0 Å². The van der Waals surface area contributed by atoms with Gasteiger partial charge < -0.3 is 15.1 Å². The Morgan fingerprint density at radius 3 is 2.12 bits per heavy atom. The molecule has 1 N–H and O–H groups in total. The summed E-state index contributed by atoms with van der Waals surface area (Å²) in [6.07, 6.45) is 0.832. The van der Waals surface area contributed by atoms with Gasteiger partial charge in [-0.3, -0.25) is 9.59 Å². The Balaban J connectivity index is 2.13. The third-order valence-electron chi connectivity index (χ3n) is 4.03. The van der Waals surface area contributed by atoms with E-state index in [4.69, 9.17) is 0 Å². The largest absolute Gasteiger partial charge is 0.378 e. The number of hydrogen-bond donors (Lipinski definition) is 1. The number of nitrogens with one attached hydrogen (secondary N) is 1. The second-order valence-corrected chi connectivity index (χ2v) is 6.07. The average Bonchev–Trinajstić information content (AvgIpc) is 2.60. The Kier molecular flexibility index (Phi) is 6.17. The summed E-state index contributed by atoms with van der Waals surface area (Å²) in [6, 6.07) is 15.2. The minimum absolute atomic E-state index is 0.0192. The van der Waals surface area contributed by atoms with E-state index in [9.17, 15) is 9.59 Å². The molecular formula is C20H25N3O2. The van der Waals surface area contributed by atoms with Crippen LogP contribution in [0, 0.1) is 0 Å². The van der Waals surface area contributed by atoms with E-state index in [1.807, 2.05) is 74.4 Å². The van der Waals surface area contributed by atoms with Gasteiger partial charge in [-0.05, 0) is 42.3 Å². The van der Waals surface area contributed by atoms with Crippen LogP contribution in [0.15, 0.2) is 48.5 Å². The van der Waals surface area contributed by atoms with Gasteiger partial charge in [-0.25, -0.2) is 0 Å². The highest BCUT2D eigenvalue weighted by atomic mass is 16.2. The molecular weight excluding hydrogens is 314 g/mol. The molecule has 2 aromatic carbocycles. The van der Waals surface area contributed by atoms with Crippen molar-refractivity contribution in [1.29, 1.82) is 0 Å². The molecule has 25 heavy (non-hydrogen) atoms. The number of para-hydroxylation sites is 1. The van der Waals surface area contributed by atoms with Gasteiger partial charge in [0, 0.05) is 38.1 Å². The Morgan fingerprint density at radius 1 is 0.960 bits per heavy atom. The number of hydrogen-bond acceptors (Lipinski definition) is 3.